The van der Waals surface area contributed by atoms with Crippen LogP contribution in [0.2, 0.25) is 5.02 Å². The largest absolute Gasteiger partial charge is 0.445 e. The minimum absolute atomic E-state index is 0.0252. The summed E-state index contributed by atoms with van der Waals surface area (Å²) in [5.41, 5.74) is 1.55. The number of hydrogen-bond donors (Lipinski definition) is 1. The Kier molecular flexibility index (Phi) is 4.66. The molecular formula is C14H19ClN2O2. The fourth-order valence-corrected chi connectivity index (χ4v) is 2.52. The summed E-state index contributed by atoms with van der Waals surface area (Å²) in [5, 5.41) is 3.25. The second-order valence-electron chi connectivity index (χ2n) is 4.77. The standard InChI is InChI=1S/C14H19ClN2O2/c1-3-17-8-7-11(9-17)19-14(18)16-13-10(2)5-4-6-12(13)15/h4-6,11H,3,7-9H2,1-2H3,(H,16,18)/t11-/m1/s1. The molecule has 104 valence electrons. The fourth-order valence-electron chi connectivity index (χ4n) is 2.25. The quantitative estimate of drug-likeness (QED) is 0.925. The van der Waals surface area contributed by atoms with Gasteiger partial charge in [0.1, 0.15) is 6.10 Å². The lowest BCUT2D eigenvalue weighted by molar-refractivity contribution is 0.114. The molecule has 0 aliphatic carbocycles. The molecule has 19 heavy (non-hydrogen) atoms. The van der Waals surface area contributed by atoms with E-state index < -0.39 is 6.09 Å². The molecule has 0 bridgehead atoms. The second-order valence-corrected chi connectivity index (χ2v) is 5.17. The summed E-state index contributed by atoms with van der Waals surface area (Å²) >= 11 is 6.06. The van der Waals surface area contributed by atoms with Crippen LogP contribution in [-0.2, 0) is 4.74 Å². The first-order valence-corrected chi connectivity index (χ1v) is 6.93. The van der Waals surface area contributed by atoms with Gasteiger partial charge in [0, 0.05) is 13.1 Å². The number of rotatable bonds is 3. The molecule has 1 aromatic carbocycles. The molecule has 1 heterocycles. The van der Waals surface area contributed by atoms with E-state index in [9.17, 15) is 4.79 Å². The highest BCUT2D eigenvalue weighted by molar-refractivity contribution is 6.33. The van der Waals surface area contributed by atoms with Gasteiger partial charge in [-0.2, -0.15) is 0 Å². The summed E-state index contributed by atoms with van der Waals surface area (Å²) in [5.74, 6) is 0. The average Bonchev–Trinajstić information content (AvgIpc) is 2.81. The summed E-state index contributed by atoms with van der Waals surface area (Å²) in [7, 11) is 0. The molecule has 0 saturated carbocycles. The van der Waals surface area contributed by atoms with Gasteiger partial charge in [-0.3, -0.25) is 10.2 Å². The molecule has 2 rings (SSSR count). The monoisotopic (exact) mass is 282 g/mol. The topological polar surface area (TPSA) is 41.6 Å². The Bertz CT molecular complexity index is 445. The van der Waals surface area contributed by atoms with Crippen molar-refractivity contribution in [2.45, 2.75) is 26.4 Å². The number of likely N-dealkylation sites (tertiary alicyclic amines) is 1. The van der Waals surface area contributed by atoms with Gasteiger partial charge >= 0.3 is 6.09 Å². The molecule has 1 fully saturated rings. The van der Waals surface area contributed by atoms with Crippen LogP contribution in [0.3, 0.4) is 0 Å². The van der Waals surface area contributed by atoms with Crippen molar-refractivity contribution in [2.24, 2.45) is 0 Å². The van der Waals surface area contributed by atoms with Gasteiger partial charge < -0.3 is 4.74 Å². The van der Waals surface area contributed by atoms with Gasteiger partial charge in [-0.05, 0) is 31.5 Å². The van der Waals surface area contributed by atoms with Crippen LogP contribution in [0, 0.1) is 6.92 Å². The summed E-state index contributed by atoms with van der Waals surface area (Å²) in [6, 6.07) is 5.50. The van der Waals surface area contributed by atoms with Crippen molar-refractivity contribution < 1.29 is 9.53 Å². The van der Waals surface area contributed by atoms with E-state index in [0.29, 0.717) is 10.7 Å². The highest BCUT2D eigenvalue weighted by Crippen LogP contribution is 2.25. The number of nitrogens with one attached hydrogen (secondary N) is 1. The first-order chi connectivity index (χ1) is 9.10. The SMILES string of the molecule is CCN1CC[C@@H](OC(=O)Nc2c(C)cccc2Cl)C1. The van der Waals surface area contributed by atoms with Crippen LogP contribution in [0.1, 0.15) is 18.9 Å². The molecule has 1 amide bonds. The van der Waals surface area contributed by atoms with Crippen LogP contribution in [0.15, 0.2) is 18.2 Å². The molecule has 4 nitrogen and oxygen atoms in total. The number of carbonyl (C=O) groups is 1. The molecule has 1 saturated heterocycles. The van der Waals surface area contributed by atoms with Gasteiger partial charge in [-0.25, -0.2) is 4.79 Å². The van der Waals surface area contributed by atoms with Crippen LogP contribution in [0.4, 0.5) is 10.5 Å². The van der Waals surface area contributed by atoms with Crippen LogP contribution < -0.4 is 5.32 Å². The van der Waals surface area contributed by atoms with E-state index in [1.54, 1.807) is 6.07 Å². The number of hydrogen-bond acceptors (Lipinski definition) is 3. The highest BCUT2D eigenvalue weighted by atomic mass is 35.5. The van der Waals surface area contributed by atoms with Crippen LogP contribution in [-0.4, -0.2) is 36.7 Å². The number of halogens is 1. The molecule has 0 spiro atoms. The normalized spacial score (nSPS) is 19.4. The van der Waals surface area contributed by atoms with E-state index in [-0.39, 0.29) is 6.10 Å². The van der Waals surface area contributed by atoms with Crippen molar-refractivity contribution in [3.05, 3.63) is 28.8 Å². The maximum absolute atomic E-state index is 11.9. The zero-order chi connectivity index (χ0) is 13.8. The minimum atomic E-state index is -0.431. The Labute approximate surface area is 118 Å². The molecule has 0 radical (unpaired) electrons. The van der Waals surface area contributed by atoms with Crippen molar-refractivity contribution in [1.82, 2.24) is 4.90 Å². The Morgan fingerprint density at radius 3 is 3.00 bits per heavy atom. The first kappa shape index (κ1) is 14.2. The zero-order valence-electron chi connectivity index (χ0n) is 11.3. The maximum atomic E-state index is 11.9. The molecule has 0 unspecified atom stereocenters. The number of nitrogens with zero attached hydrogens (tertiary/aromatic N) is 1. The van der Waals surface area contributed by atoms with Gasteiger partial charge in [0.2, 0.25) is 0 Å². The number of benzene rings is 1. The number of amides is 1. The number of para-hydroxylation sites is 1. The summed E-state index contributed by atoms with van der Waals surface area (Å²) in [6.07, 6.45) is 0.435. The molecule has 1 atom stereocenters. The van der Waals surface area contributed by atoms with Gasteiger partial charge in [0.05, 0.1) is 10.7 Å². The predicted molar refractivity (Wildman–Crippen MR) is 76.8 cm³/mol. The van der Waals surface area contributed by atoms with Crippen LogP contribution in [0.5, 0.6) is 0 Å². The van der Waals surface area contributed by atoms with Crippen molar-refractivity contribution in [1.29, 1.82) is 0 Å². The maximum Gasteiger partial charge on any atom is 0.411 e. The summed E-state index contributed by atoms with van der Waals surface area (Å²) in [6.45, 7) is 6.79. The molecular weight excluding hydrogens is 264 g/mol. The number of carbonyl (C=O) groups excluding carboxylic acids is 1. The third-order valence-corrected chi connectivity index (χ3v) is 3.71. The van der Waals surface area contributed by atoms with E-state index in [1.165, 1.54) is 0 Å². The molecule has 1 aliphatic rings. The third kappa shape index (κ3) is 3.61. The van der Waals surface area contributed by atoms with Crippen molar-refractivity contribution >= 4 is 23.4 Å². The predicted octanol–water partition coefficient (Wildman–Crippen LogP) is 3.29. The number of ether oxygens (including phenoxy) is 1. The van der Waals surface area contributed by atoms with E-state index in [1.807, 2.05) is 19.1 Å². The lowest BCUT2D eigenvalue weighted by atomic mass is 10.2. The Hall–Kier alpha value is -1.26. The number of aryl methyl sites for hydroxylation is 1. The van der Waals surface area contributed by atoms with Gasteiger partial charge in [-0.15, -0.1) is 0 Å². The van der Waals surface area contributed by atoms with Crippen molar-refractivity contribution in [3.8, 4) is 0 Å². The zero-order valence-corrected chi connectivity index (χ0v) is 12.0. The van der Waals surface area contributed by atoms with E-state index >= 15 is 0 Å². The first-order valence-electron chi connectivity index (χ1n) is 6.55. The lowest BCUT2D eigenvalue weighted by Crippen LogP contribution is -2.26. The average molecular weight is 283 g/mol. The van der Waals surface area contributed by atoms with Crippen LogP contribution in [0.25, 0.3) is 0 Å². The third-order valence-electron chi connectivity index (χ3n) is 3.40. The van der Waals surface area contributed by atoms with Gasteiger partial charge in [-0.1, -0.05) is 30.7 Å². The number of likely N-dealkylation sites (N-methyl/N-ethyl adjacent to an activating group) is 1. The molecule has 1 aliphatic heterocycles. The molecule has 1 aromatic rings. The molecule has 0 aromatic heterocycles. The smallest absolute Gasteiger partial charge is 0.411 e. The minimum Gasteiger partial charge on any atom is -0.445 e. The Morgan fingerprint density at radius 2 is 2.37 bits per heavy atom. The Balaban J connectivity index is 1.91. The van der Waals surface area contributed by atoms with Gasteiger partial charge in [0.15, 0.2) is 0 Å². The van der Waals surface area contributed by atoms with E-state index in [2.05, 4.69) is 17.1 Å². The van der Waals surface area contributed by atoms with E-state index in [4.69, 9.17) is 16.3 Å². The number of anilines is 1. The van der Waals surface area contributed by atoms with Crippen LogP contribution >= 0.6 is 11.6 Å². The van der Waals surface area contributed by atoms with Crippen molar-refractivity contribution in [3.63, 3.8) is 0 Å². The highest BCUT2D eigenvalue weighted by Gasteiger charge is 2.24. The summed E-state index contributed by atoms with van der Waals surface area (Å²) in [4.78, 5) is 14.1. The van der Waals surface area contributed by atoms with Crippen molar-refractivity contribution in [2.75, 3.05) is 25.0 Å². The lowest BCUT2D eigenvalue weighted by Gasteiger charge is -2.15. The van der Waals surface area contributed by atoms with Gasteiger partial charge in [0.25, 0.3) is 0 Å². The molecule has 5 heteroatoms. The Morgan fingerprint density at radius 1 is 1.58 bits per heavy atom. The molecule has 1 N–H and O–H groups in total. The van der Waals surface area contributed by atoms with E-state index in [0.717, 1.165) is 31.6 Å². The summed E-state index contributed by atoms with van der Waals surface area (Å²) < 4.78 is 5.41. The fraction of sp³-hybridized carbons (Fsp3) is 0.500. The second kappa shape index (κ2) is 6.26.